The van der Waals surface area contributed by atoms with Crippen LogP contribution < -0.4 is 5.73 Å². The summed E-state index contributed by atoms with van der Waals surface area (Å²) < 4.78 is 3.60. The Hall–Kier alpha value is -4.00. The number of hydrogen-bond donors (Lipinski definition) is 1. The molecular weight excluding hydrogens is 350 g/mol. The van der Waals surface area contributed by atoms with E-state index < -0.39 is 0 Å². The summed E-state index contributed by atoms with van der Waals surface area (Å²) in [5.74, 6) is 1.53. The van der Waals surface area contributed by atoms with E-state index in [9.17, 15) is 0 Å². The van der Waals surface area contributed by atoms with Crippen LogP contribution in [0.1, 0.15) is 11.4 Å². The van der Waals surface area contributed by atoms with Crippen LogP contribution in [0.3, 0.4) is 0 Å². The fourth-order valence-electron chi connectivity index (χ4n) is 3.26. The lowest BCUT2D eigenvalue weighted by Crippen LogP contribution is -2.10. The van der Waals surface area contributed by atoms with Gasteiger partial charge in [0.1, 0.15) is 5.52 Å². The minimum Gasteiger partial charge on any atom is -0.368 e. The van der Waals surface area contributed by atoms with E-state index in [0.29, 0.717) is 24.1 Å². The number of imidazole rings is 1. The Balaban J connectivity index is 1.66. The molecule has 0 saturated heterocycles. The quantitative estimate of drug-likeness (QED) is 0.527. The molecule has 0 aliphatic carbocycles. The van der Waals surface area contributed by atoms with E-state index in [1.54, 1.807) is 17.1 Å². The highest BCUT2D eigenvalue weighted by Crippen LogP contribution is 2.24. The number of pyridine rings is 1. The zero-order valence-electron chi connectivity index (χ0n) is 15.0. The molecule has 3 aromatic heterocycles. The van der Waals surface area contributed by atoms with Crippen molar-refractivity contribution >= 4 is 17.0 Å². The first kappa shape index (κ1) is 16.2. The highest BCUT2D eigenvalue weighted by Gasteiger charge is 2.18. The van der Waals surface area contributed by atoms with Crippen molar-refractivity contribution in [3.8, 4) is 11.6 Å². The van der Waals surface area contributed by atoms with Crippen molar-refractivity contribution in [3.63, 3.8) is 0 Å². The van der Waals surface area contributed by atoms with Crippen LogP contribution in [0.2, 0.25) is 0 Å². The van der Waals surface area contributed by atoms with Crippen molar-refractivity contribution in [2.24, 2.45) is 0 Å². The normalized spacial score (nSPS) is 11.1. The molecule has 0 atom stereocenters. The summed E-state index contributed by atoms with van der Waals surface area (Å²) in [7, 11) is 0. The second kappa shape index (κ2) is 6.62. The number of aromatic nitrogens is 6. The summed E-state index contributed by atoms with van der Waals surface area (Å²) in [4.78, 5) is 13.4. The van der Waals surface area contributed by atoms with Gasteiger partial charge < -0.3 is 5.73 Å². The number of fused-ring (bicyclic) bond motifs is 1. The second-order valence-corrected chi connectivity index (χ2v) is 6.41. The van der Waals surface area contributed by atoms with Crippen LogP contribution in [-0.2, 0) is 6.42 Å². The monoisotopic (exact) mass is 367 g/mol. The average Bonchev–Trinajstić information content (AvgIpc) is 3.29. The standard InChI is InChI=1S/C21H17N7/c22-20-25-19(13-15-7-3-1-4-8-15)26-28(20)21-24-17-14-23-12-11-18(17)27(21)16-9-5-2-6-10-16/h1-12,14H,13H2,(H2,22,25,26). The molecule has 3 heterocycles. The number of rotatable bonds is 4. The number of anilines is 1. The van der Waals surface area contributed by atoms with Crippen LogP contribution in [0.4, 0.5) is 5.95 Å². The molecule has 0 fully saturated rings. The molecule has 0 spiro atoms. The lowest BCUT2D eigenvalue weighted by Gasteiger charge is -2.09. The highest BCUT2D eigenvalue weighted by molar-refractivity contribution is 5.78. The maximum absolute atomic E-state index is 6.22. The van der Waals surface area contributed by atoms with Gasteiger partial charge in [-0.25, -0.2) is 4.98 Å². The molecule has 0 unspecified atom stereocenters. The van der Waals surface area contributed by atoms with Gasteiger partial charge in [0.15, 0.2) is 5.82 Å². The highest BCUT2D eigenvalue weighted by atomic mass is 15.5. The first-order valence-corrected chi connectivity index (χ1v) is 8.93. The van der Waals surface area contributed by atoms with Crippen molar-refractivity contribution in [3.05, 3.63) is 90.5 Å². The zero-order valence-corrected chi connectivity index (χ0v) is 15.0. The largest absolute Gasteiger partial charge is 0.368 e. The number of nitrogens with two attached hydrogens (primary N) is 1. The first-order chi connectivity index (χ1) is 13.8. The Morgan fingerprint density at radius 1 is 0.857 bits per heavy atom. The van der Waals surface area contributed by atoms with E-state index >= 15 is 0 Å². The van der Waals surface area contributed by atoms with Crippen molar-refractivity contribution in [1.82, 2.24) is 29.3 Å². The van der Waals surface area contributed by atoms with Crippen LogP contribution in [0.15, 0.2) is 79.1 Å². The maximum Gasteiger partial charge on any atom is 0.239 e. The molecule has 2 N–H and O–H groups in total. The third kappa shape index (κ3) is 2.79. The van der Waals surface area contributed by atoms with E-state index in [1.165, 1.54) is 0 Å². The van der Waals surface area contributed by atoms with E-state index in [1.807, 2.05) is 71.3 Å². The van der Waals surface area contributed by atoms with Gasteiger partial charge in [-0.15, -0.1) is 5.10 Å². The predicted octanol–water partition coefficient (Wildman–Crippen LogP) is 3.17. The summed E-state index contributed by atoms with van der Waals surface area (Å²) in [6, 6.07) is 22.0. The number of para-hydroxylation sites is 1. The Morgan fingerprint density at radius 3 is 2.39 bits per heavy atom. The van der Waals surface area contributed by atoms with Gasteiger partial charge in [-0.3, -0.25) is 9.55 Å². The molecule has 7 nitrogen and oxygen atoms in total. The van der Waals surface area contributed by atoms with Crippen LogP contribution in [0, 0.1) is 0 Å². The molecule has 0 amide bonds. The third-order valence-corrected chi connectivity index (χ3v) is 4.52. The van der Waals surface area contributed by atoms with Crippen LogP contribution >= 0.6 is 0 Å². The van der Waals surface area contributed by atoms with Crippen molar-refractivity contribution in [2.75, 3.05) is 5.73 Å². The van der Waals surface area contributed by atoms with Crippen molar-refractivity contribution in [1.29, 1.82) is 0 Å². The van der Waals surface area contributed by atoms with E-state index in [4.69, 9.17) is 10.7 Å². The molecule has 0 radical (unpaired) electrons. The Kier molecular flexibility index (Phi) is 3.83. The van der Waals surface area contributed by atoms with E-state index in [2.05, 4.69) is 15.1 Å². The first-order valence-electron chi connectivity index (χ1n) is 8.93. The number of hydrogen-bond acceptors (Lipinski definition) is 5. The minimum atomic E-state index is 0.298. The van der Waals surface area contributed by atoms with E-state index in [0.717, 1.165) is 22.3 Å². The molecule has 7 heteroatoms. The Labute approximate surface area is 161 Å². The molecule has 136 valence electrons. The Bertz CT molecular complexity index is 1240. The number of benzene rings is 2. The van der Waals surface area contributed by atoms with Gasteiger partial charge in [0.2, 0.25) is 11.9 Å². The fourth-order valence-corrected chi connectivity index (χ4v) is 3.26. The third-order valence-electron chi connectivity index (χ3n) is 4.52. The van der Waals surface area contributed by atoms with Gasteiger partial charge in [0.25, 0.3) is 0 Å². The van der Waals surface area contributed by atoms with E-state index in [-0.39, 0.29) is 0 Å². The SMILES string of the molecule is Nc1nc(Cc2ccccc2)nn1-c1nc2cnccc2n1-c1ccccc1. The summed E-state index contributed by atoms with van der Waals surface area (Å²) in [6.45, 7) is 0. The van der Waals surface area contributed by atoms with Gasteiger partial charge in [0.05, 0.1) is 11.7 Å². The van der Waals surface area contributed by atoms with Gasteiger partial charge >= 0.3 is 0 Å². The second-order valence-electron chi connectivity index (χ2n) is 6.41. The maximum atomic E-state index is 6.22. The molecule has 0 aliphatic heterocycles. The van der Waals surface area contributed by atoms with Crippen molar-refractivity contribution < 1.29 is 0 Å². The molecule has 2 aromatic carbocycles. The minimum absolute atomic E-state index is 0.298. The fraction of sp³-hybridized carbons (Fsp3) is 0.0476. The lowest BCUT2D eigenvalue weighted by atomic mass is 10.1. The van der Waals surface area contributed by atoms with Gasteiger partial charge in [0, 0.05) is 18.3 Å². The molecular formula is C21H17N7. The van der Waals surface area contributed by atoms with Gasteiger partial charge in [-0.05, 0) is 23.8 Å². The van der Waals surface area contributed by atoms with Crippen LogP contribution in [-0.4, -0.2) is 29.3 Å². The van der Waals surface area contributed by atoms with Gasteiger partial charge in [-0.1, -0.05) is 48.5 Å². The number of nitrogen functional groups attached to an aromatic ring is 1. The number of nitrogens with zero attached hydrogens (tertiary/aromatic N) is 6. The zero-order chi connectivity index (χ0) is 18.9. The molecule has 28 heavy (non-hydrogen) atoms. The summed E-state index contributed by atoms with van der Waals surface area (Å²) in [5, 5.41) is 4.63. The molecule has 0 bridgehead atoms. The van der Waals surface area contributed by atoms with Crippen LogP contribution in [0.5, 0.6) is 0 Å². The topological polar surface area (TPSA) is 87.4 Å². The Morgan fingerprint density at radius 2 is 1.61 bits per heavy atom. The molecule has 0 saturated carbocycles. The summed E-state index contributed by atoms with van der Waals surface area (Å²) in [6.07, 6.45) is 4.08. The molecule has 0 aliphatic rings. The summed E-state index contributed by atoms with van der Waals surface area (Å²) >= 11 is 0. The van der Waals surface area contributed by atoms with Gasteiger partial charge in [-0.2, -0.15) is 9.67 Å². The summed E-state index contributed by atoms with van der Waals surface area (Å²) in [5.41, 5.74) is 10.00. The average molecular weight is 367 g/mol. The van der Waals surface area contributed by atoms with Crippen LogP contribution in [0.25, 0.3) is 22.7 Å². The lowest BCUT2D eigenvalue weighted by molar-refractivity contribution is 0.786. The van der Waals surface area contributed by atoms with Crippen molar-refractivity contribution in [2.45, 2.75) is 6.42 Å². The smallest absolute Gasteiger partial charge is 0.239 e. The molecule has 5 aromatic rings. The predicted molar refractivity (Wildman–Crippen MR) is 107 cm³/mol. The molecule has 5 rings (SSSR count).